The number of hydrogen-bond acceptors (Lipinski definition) is 6. The highest BCUT2D eigenvalue weighted by Crippen LogP contribution is 1.99. The molecule has 0 amide bonds. The van der Waals surface area contributed by atoms with Gasteiger partial charge in [-0.3, -0.25) is 4.79 Å². The van der Waals surface area contributed by atoms with Crippen LogP contribution < -0.4 is 0 Å². The Balaban J connectivity index is 3.01. The van der Waals surface area contributed by atoms with E-state index in [1.165, 1.54) is 0 Å². The van der Waals surface area contributed by atoms with Crippen molar-refractivity contribution in [2.75, 3.05) is 66.1 Å². The van der Waals surface area contributed by atoms with Crippen LogP contribution in [0.1, 0.15) is 26.7 Å². The maximum absolute atomic E-state index is 10.2. The average Bonchev–Trinajstić information content (AvgIpc) is 2.53. The van der Waals surface area contributed by atoms with Gasteiger partial charge in [-0.25, -0.2) is 0 Å². The van der Waals surface area contributed by atoms with Crippen LogP contribution >= 0.6 is 0 Å². The van der Waals surface area contributed by atoms with Gasteiger partial charge in [0.2, 0.25) is 0 Å². The Morgan fingerprint density at radius 3 is 1.57 bits per heavy atom. The van der Waals surface area contributed by atoms with Crippen LogP contribution in [0.5, 0.6) is 0 Å². The first kappa shape index (κ1) is 22.3. The molecule has 0 saturated heterocycles. The van der Waals surface area contributed by atoms with E-state index in [0.717, 1.165) is 13.0 Å². The molecule has 0 aromatic carbocycles. The maximum Gasteiger partial charge on any atom is 0.305 e. The molecule has 0 aliphatic carbocycles. The summed E-state index contributed by atoms with van der Waals surface area (Å²) < 4.78 is 26.6. The summed E-state index contributed by atoms with van der Waals surface area (Å²) >= 11 is 0. The lowest BCUT2D eigenvalue weighted by Gasteiger charge is -2.10. The van der Waals surface area contributed by atoms with E-state index in [4.69, 9.17) is 28.8 Å². The summed E-state index contributed by atoms with van der Waals surface area (Å²) in [6.07, 6.45) is 1.15. The zero-order chi connectivity index (χ0) is 17.2. The zero-order valence-corrected chi connectivity index (χ0v) is 14.5. The molecule has 0 aromatic heterocycles. The summed E-state index contributed by atoms with van der Waals surface area (Å²) in [5.74, 6) is -0.260. The largest absolute Gasteiger partial charge is 0.481 e. The molecule has 0 aliphatic heterocycles. The molecule has 0 bridgehead atoms. The van der Waals surface area contributed by atoms with E-state index >= 15 is 0 Å². The van der Waals surface area contributed by atoms with Gasteiger partial charge in [0, 0.05) is 6.61 Å². The Morgan fingerprint density at radius 2 is 1.17 bits per heavy atom. The molecule has 0 radical (unpaired) electrons. The number of aliphatic carboxylic acids is 1. The highest BCUT2D eigenvalue weighted by atomic mass is 16.6. The van der Waals surface area contributed by atoms with Gasteiger partial charge in [0.25, 0.3) is 0 Å². The van der Waals surface area contributed by atoms with Gasteiger partial charge in [-0.1, -0.05) is 20.3 Å². The third-order valence-corrected chi connectivity index (χ3v) is 3.05. The van der Waals surface area contributed by atoms with E-state index in [1.54, 1.807) is 0 Å². The molecule has 0 aliphatic rings. The predicted octanol–water partition coefficient (Wildman–Crippen LogP) is 1.59. The van der Waals surface area contributed by atoms with Gasteiger partial charge in [-0.2, -0.15) is 0 Å². The van der Waals surface area contributed by atoms with Crippen molar-refractivity contribution in [2.45, 2.75) is 26.7 Å². The number of carboxylic acid groups (broad SMARTS) is 1. The Kier molecular flexibility index (Phi) is 17.1. The third-order valence-electron chi connectivity index (χ3n) is 3.05. The van der Waals surface area contributed by atoms with E-state index in [-0.39, 0.29) is 13.0 Å². The number of rotatable bonds is 18. The van der Waals surface area contributed by atoms with Crippen molar-refractivity contribution in [3.8, 4) is 0 Å². The standard InChI is InChI=1S/C16H32O7/c1-3-15(2)14-23-13-12-22-11-10-21-9-8-20-7-6-19-5-4-16(17)18/h15H,3-14H2,1-2H3,(H,17,18). The fourth-order valence-electron chi connectivity index (χ4n) is 1.44. The molecule has 0 fully saturated rings. The van der Waals surface area contributed by atoms with Crippen LogP contribution in [0.3, 0.4) is 0 Å². The molecule has 0 aromatic rings. The van der Waals surface area contributed by atoms with E-state index in [1.807, 2.05) is 0 Å². The Morgan fingerprint density at radius 1 is 0.783 bits per heavy atom. The third kappa shape index (κ3) is 19.2. The van der Waals surface area contributed by atoms with Crippen LogP contribution in [0.4, 0.5) is 0 Å². The summed E-state index contributed by atoms with van der Waals surface area (Å²) in [6.45, 7) is 9.43. The van der Waals surface area contributed by atoms with Crippen molar-refractivity contribution in [2.24, 2.45) is 5.92 Å². The SMILES string of the molecule is CCC(C)COCCOCCOCCOCCOCCC(=O)O. The second-order valence-electron chi connectivity index (χ2n) is 5.18. The molecule has 0 rings (SSSR count). The first-order valence-corrected chi connectivity index (χ1v) is 8.27. The Bertz CT molecular complexity index is 261. The summed E-state index contributed by atoms with van der Waals surface area (Å²) in [7, 11) is 0. The molecule has 1 atom stereocenters. The van der Waals surface area contributed by atoms with Crippen molar-refractivity contribution in [3.63, 3.8) is 0 Å². The normalized spacial score (nSPS) is 12.4. The molecule has 1 N–H and O–H groups in total. The van der Waals surface area contributed by atoms with Gasteiger partial charge in [0.1, 0.15) is 0 Å². The lowest BCUT2D eigenvalue weighted by molar-refractivity contribution is -0.138. The molecule has 7 nitrogen and oxygen atoms in total. The quantitative estimate of drug-likeness (QED) is 0.381. The minimum atomic E-state index is -0.858. The average molecular weight is 336 g/mol. The van der Waals surface area contributed by atoms with Crippen LogP contribution in [-0.4, -0.2) is 77.1 Å². The molecule has 0 spiro atoms. The van der Waals surface area contributed by atoms with Gasteiger partial charge in [0.05, 0.1) is 65.9 Å². The molecule has 138 valence electrons. The highest BCUT2D eigenvalue weighted by molar-refractivity contribution is 5.66. The second kappa shape index (κ2) is 17.6. The topological polar surface area (TPSA) is 83.5 Å². The molecule has 7 heteroatoms. The van der Waals surface area contributed by atoms with Crippen molar-refractivity contribution in [1.29, 1.82) is 0 Å². The van der Waals surface area contributed by atoms with Crippen LogP contribution in [0, 0.1) is 5.92 Å². The number of carbonyl (C=O) groups is 1. The Hall–Kier alpha value is -0.730. The Labute approximate surface area is 139 Å². The van der Waals surface area contributed by atoms with Crippen molar-refractivity contribution >= 4 is 5.97 Å². The lowest BCUT2D eigenvalue weighted by Crippen LogP contribution is -2.14. The molecular formula is C16H32O7. The molecule has 23 heavy (non-hydrogen) atoms. The van der Waals surface area contributed by atoms with Gasteiger partial charge in [0.15, 0.2) is 0 Å². The van der Waals surface area contributed by atoms with E-state index < -0.39 is 5.97 Å². The second-order valence-corrected chi connectivity index (χ2v) is 5.18. The van der Waals surface area contributed by atoms with Crippen molar-refractivity contribution in [3.05, 3.63) is 0 Å². The van der Waals surface area contributed by atoms with Crippen LogP contribution in [0.15, 0.2) is 0 Å². The predicted molar refractivity (Wildman–Crippen MR) is 85.8 cm³/mol. The van der Waals surface area contributed by atoms with E-state index in [9.17, 15) is 4.79 Å². The lowest BCUT2D eigenvalue weighted by atomic mass is 10.1. The summed E-state index contributed by atoms with van der Waals surface area (Å²) in [5, 5.41) is 8.40. The van der Waals surface area contributed by atoms with Gasteiger partial charge < -0.3 is 28.8 Å². The first-order valence-electron chi connectivity index (χ1n) is 8.27. The highest BCUT2D eigenvalue weighted by Gasteiger charge is 1.98. The minimum Gasteiger partial charge on any atom is -0.481 e. The van der Waals surface area contributed by atoms with Gasteiger partial charge >= 0.3 is 5.97 Å². The minimum absolute atomic E-state index is 0.0196. The summed E-state index contributed by atoms with van der Waals surface area (Å²) in [4.78, 5) is 10.2. The summed E-state index contributed by atoms with van der Waals surface area (Å²) in [5.41, 5.74) is 0. The fraction of sp³-hybridized carbons (Fsp3) is 0.938. The van der Waals surface area contributed by atoms with Gasteiger partial charge in [-0.15, -0.1) is 0 Å². The fourth-order valence-corrected chi connectivity index (χ4v) is 1.44. The molecular weight excluding hydrogens is 304 g/mol. The van der Waals surface area contributed by atoms with Crippen LogP contribution in [0.25, 0.3) is 0 Å². The van der Waals surface area contributed by atoms with Crippen molar-refractivity contribution in [1.82, 2.24) is 0 Å². The van der Waals surface area contributed by atoms with Crippen molar-refractivity contribution < 1.29 is 33.6 Å². The first-order chi connectivity index (χ1) is 11.2. The molecule has 0 saturated carbocycles. The zero-order valence-electron chi connectivity index (χ0n) is 14.5. The van der Waals surface area contributed by atoms with Gasteiger partial charge in [-0.05, 0) is 5.92 Å². The van der Waals surface area contributed by atoms with E-state index in [2.05, 4.69) is 13.8 Å². The number of carboxylic acids is 1. The van der Waals surface area contributed by atoms with Crippen LogP contribution in [0.2, 0.25) is 0 Å². The number of hydrogen-bond donors (Lipinski definition) is 1. The molecule has 0 heterocycles. The summed E-state index contributed by atoms with van der Waals surface area (Å²) in [6, 6.07) is 0. The smallest absolute Gasteiger partial charge is 0.305 e. The maximum atomic E-state index is 10.2. The molecule has 1 unspecified atom stereocenters. The number of ether oxygens (including phenoxy) is 5. The van der Waals surface area contributed by atoms with E-state index in [0.29, 0.717) is 58.8 Å². The monoisotopic (exact) mass is 336 g/mol. The van der Waals surface area contributed by atoms with Crippen LogP contribution in [-0.2, 0) is 28.5 Å².